The van der Waals surface area contributed by atoms with Gasteiger partial charge in [-0.05, 0) is 177 Å². The number of aliphatic carboxylic acids is 3. The van der Waals surface area contributed by atoms with E-state index >= 15 is 0 Å². The number of fused-ring (bicyclic) bond motifs is 6. The van der Waals surface area contributed by atoms with Crippen molar-refractivity contribution in [1.29, 1.82) is 0 Å². The monoisotopic (exact) mass is 1310 g/mol. The zero-order chi connectivity index (χ0) is 66.3. The number of halogens is 5. The number of sulfonamides is 2. The van der Waals surface area contributed by atoms with E-state index in [0.29, 0.717) is 79.6 Å². The molecule has 0 amide bonds. The number of aryl methyl sites for hydroxylation is 1. The highest BCUT2D eigenvalue weighted by molar-refractivity contribution is 7.91. The molecule has 12 rings (SSSR count). The summed E-state index contributed by atoms with van der Waals surface area (Å²) in [6, 6.07) is 25.0. The summed E-state index contributed by atoms with van der Waals surface area (Å²) in [6.45, 7) is 8.27. The van der Waals surface area contributed by atoms with Crippen LogP contribution in [0, 0.1) is 45.1 Å². The third-order valence-electron chi connectivity index (χ3n) is 17.0. The van der Waals surface area contributed by atoms with Crippen LogP contribution in [0.2, 0.25) is 0 Å². The normalized spacial score (nSPS) is 16.1. The summed E-state index contributed by atoms with van der Waals surface area (Å²) in [5.41, 5.74) is 9.52. The second-order valence-corrected chi connectivity index (χ2v) is 28.9. The molecule has 3 aliphatic heterocycles. The van der Waals surface area contributed by atoms with Crippen molar-refractivity contribution in [3.8, 4) is 0 Å². The van der Waals surface area contributed by atoms with E-state index in [-0.39, 0.29) is 47.4 Å². The van der Waals surface area contributed by atoms with Crippen LogP contribution >= 0.6 is 0 Å². The summed E-state index contributed by atoms with van der Waals surface area (Å²) in [4.78, 5) is 40.2. The highest BCUT2D eigenvalue weighted by Gasteiger charge is 2.43. The Kier molecular flexibility index (Phi) is 17.2. The predicted molar refractivity (Wildman–Crippen MR) is 332 cm³/mol. The molecule has 0 radical (unpaired) electrons. The van der Waals surface area contributed by atoms with Crippen molar-refractivity contribution in [3.05, 3.63) is 182 Å². The molecular weight excluding hydrogens is 1250 g/mol. The predicted octanol–water partition coefficient (Wildman–Crippen LogP) is 10.6. The van der Waals surface area contributed by atoms with Gasteiger partial charge in [0.05, 0.1) is 28.7 Å². The van der Waals surface area contributed by atoms with Crippen LogP contribution in [-0.4, -0.2) is 120 Å². The molecule has 6 heterocycles. The van der Waals surface area contributed by atoms with Crippen molar-refractivity contribution in [2.75, 3.05) is 38.5 Å². The van der Waals surface area contributed by atoms with E-state index < -0.39 is 88.9 Å². The largest absolute Gasteiger partial charge is 0.480 e. The molecule has 0 unspecified atom stereocenters. The molecule has 478 valence electrons. The smallest absolute Gasteiger partial charge is 0.323 e. The molecule has 3 aliphatic rings. The number of anilines is 1. The van der Waals surface area contributed by atoms with Crippen LogP contribution in [0.3, 0.4) is 0 Å². The van der Waals surface area contributed by atoms with Crippen LogP contribution < -0.4 is 4.90 Å². The second kappa shape index (κ2) is 24.0. The number of benzene rings is 6. The highest BCUT2D eigenvalue weighted by Crippen LogP contribution is 2.43. The van der Waals surface area contributed by atoms with Crippen molar-refractivity contribution in [3.63, 3.8) is 0 Å². The van der Waals surface area contributed by atoms with Gasteiger partial charge >= 0.3 is 17.9 Å². The number of hydrogen-bond acceptors (Lipinski definition) is 11. The zero-order valence-corrected chi connectivity index (χ0v) is 52.9. The van der Waals surface area contributed by atoms with Crippen molar-refractivity contribution in [2.24, 2.45) is 4.99 Å². The maximum absolute atomic E-state index is 14.4. The molecule has 91 heavy (non-hydrogen) atoms. The Morgan fingerprint density at radius 3 is 1.44 bits per heavy atom. The zero-order valence-electron chi connectivity index (χ0n) is 50.4. The first-order chi connectivity index (χ1) is 42.6. The molecule has 27 heteroatoms. The first-order valence-corrected chi connectivity index (χ1v) is 32.8. The quantitative estimate of drug-likeness (QED) is 0.0964. The van der Waals surface area contributed by atoms with Gasteiger partial charge in [0.2, 0.25) is 10.0 Å². The Morgan fingerprint density at radius 2 is 0.978 bits per heavy atom. The van der Waals surface area contributed by atoms with E-state index in [1.54, 1.807) is 67.3 Å². The number of carboxylic acids is 3. The van der Waals surface area contributed by atoms with Gasteiger partial charge < -0.3 is 33.9 Å². The fourth-order valence-electron chi connectivity index (χ4n) is 12.2. The minimum absolute atomic E-state index is 0.127. The van der Waals surface area contributed by atoms with Gasteiger partial charge in [0.1, 0.15) is 52.7 Å². The molecule has 0 saturated carbocycles. The second-order valence-electron chi connectivity index (χ2n) is 22.9. The average Bonchev–Trinajstić information content (AvgIpc) is 1.09. The average molecular weight is 1310 g/mol. The minimum atomic E-state index is -3.76. The number of nitrogens with zero attached hydrogens (tertiary/aromatic N) is 7. The summed E-state index contributed by atoms with van der Waals surface area (Å²) in [6.07, 6.45) is 0.174. The fourth-order valence-corrected chi connectivity index (χ4v) is 16.5. The molecule has 0 aliphatic carbocycles. The van der Waals surface area contributed by atoms with Crippen molar-refractivity contribution in [1.82, 2.24) is 22.3 Å². The summed E-state index contributed by atoms with van der Waals surface area (Å²) >= 11 is 0. The summed E-state index contributed by atoms with van der Waals surface area (Å²) in [7, 11) is -6.10. The number of carboxylic acid groups (broad SMARTS) is 3. The topological polar surface area (TPSA) is 251 Å². The van der Waals surface area contributed by atoms with E-state index in [1.165, 1.54) is 82.7 Å². The van der Waals surface area contributed by atoms with Gasteiger partial charge in [-0.2, -0.15) is 4.31 Å². The molecule has 0 bridgehead atoms. The highest BCUT2D eigenvalue weighted by atomic mass is 32.2. The van der Waals surface area contributed by atoms with Gasteiger partial charge in [-0.3, -0.25) is 18.7 Å². The van der Waals surface area contributed by atoms with Crippen LogP contribution in [0.25, 0.3) is 32.7 Å². The maximum atomic E-state index is 14.4. The number of rotatable bonds is 12. The summed E-state index contributed by atoms with van der Waals surface area (Å²) in [5.74, 6) is -7.81. The standard InChI is InChI=1S/C22H24FN3O4S.C21H18F3NO4S.C21H20FN3O4S/c1-13-7-21-20(24(3)12-25(4)31(21,29)30)9-15(13)8-17-14(2)26(11-22(27)28)19-6-5-16(23)10-18(17)19;1-12-15(16-10-14(22)3-4-18(16)25(12)11-20(26)27)8-13-2-5-19-17(9-13)21(23,24)6-7-30(19,28)29;1-12-16(17-10-15(22)5-6-19(17)25(12)11-21(26)27)8-14-4-7-20-18(9-14)23-13(2)24(3)30(20,28)29/h5-7,9-10H,8,11-12H2,1-4H3,(H,27,28);2-5,9-10H,6-8,11H2,1H3,(H,26,27);4-7,9-10H,8,11H2,1-3H3,(H,26,27). The Labute approximate surface area is 520 Å². The summed E-state index contributed by atoms with van der Waals surface area (Å²) in [5, 5.41) is 29.6. The van der Waals surface area contributed by atoms with E-state index in [1.807, 2.05) is 31.9 Å². The molecule has 0 spiro atoms. The van der Waals surface area contributed by atoms with Crippen LogP contribution in [0.1, 0.15) is 74.9 Å². The first kappa shape index (κ1) is 65.0. The molecule has 0 atom stereocenters. The van der Waals surface area contributed by atoms with Crippen molar-refractivity contribution < 1.29 is 76.9 Å². The summed E-state index contributed by atoms with van der Waals surface area (Å²) < 4.78 is 153. The molecule has 0 fully saturated rings. The van der Waals surface area contributed by atoms with Gasteiger partial charge in [0.25, 0.3) is 15.9 Å². The number of sulfone groups is 1. The first-order valence-electron chi connectivity index (χ1n) is 28.3. The van der Waals surface area contributed by atoms with Crippen LogP contribution in [0.15, 0.2) is 123 Å². The van der Waals surface area contributed by atoms with Gasteiger partial charge in [-0.15, -0.1) is 0 Å². The van der Waals surface area contributed by atoms with Gasteiger partial charge in [0.15, 0.2) is 9.84 Å². The molecule has 0 saturated heterocycles. The lowest BCUT2D eigenvalue weighted by atomic mass is 9.97. The van der Waals surface area contributed by atoms with Crippen molar-refractivity contribution >= 4 is 97.7 Å². The van der Waals surface area contributed by atoms with Gasteiger partial charge in [-0.25, -0.2) is 52.2 Å². The minimum Gasteiger partial charge on any atom is -0.480 e. The Morgan fingerprint density at radius 1 is 0.538 bits per heavy atom. The van der Waals surface area contributed by atoms with Crippen LogP contribution in [-0.2, 0) is 89.1 Å². The molecule has 9 aromatic rings. The number of aromatic nitrogens is 3. The maximum Gasteiger partial charge on any atom is 0.323 e. The lowest BCUT2D eigenvalue weighted by Crippen LogP contribution is -2.42. The van der Waals surface area contributed by atoms with Crippen molar-refractivity contribution in [2.45, 2.75) is 101 Å². The third kappa shape index (κ3) is 12.3. The van der Waals surface area contributed by atoms with Crippen LogP contribution in [0.4, 0.5) is 33.3 Å². The number of alkyl halides is 2. The lowest BCUT2D eigenvalue weighted by Gasteiger charge is -2.34. The SMILES string of the molecule is CC1=Nc2cc(Cc3c(C)n(CC(=O)O)c4ccc(F)cc34)ccc2S(=O)(=O)N1C.Cc1c(Cc2ccc3c(c2)C(F)(F)CCS3(=O)=O)c2cc(F)ccc2n1CC(=O)O.Cc1cc2c(cc1Cc1c(C)n(CC(=O)O)c3ccc(F)cc13)N(C)CN(C)S2(=O)=O. The van der Waals surface area contributed by atoms with E-state index in [4.69, 9.17) is 0 Å². The van der Waals surface area contributed by atoms with Gasteiger partial charge in [0, 0.05) is 89.3 Å². The fraction of sp³-hybridized carbons (Fsp3) is 0.281. The van der Waals surface area contributed by atoms with E-state index in [2.05, 4.69) is 4.99 Å². The lowest BCUT2D eigenvalue weighted by molar-refractivity contribution is -0.138. The Balaban J connectivity index is 0.000000150. The van der Waals surface area contributed by atoms with E-state index in [0.717, 1.165) is 43.5 Å². The molecule has 3 N–H and O–H groups in total. The van der Waals surface area contributed by atoms with Gasteiger partial charge in [-0.1, -0.05) is 12.1 Å². The Bertz CT molecular complexity index is 4940. The number of aliphatic imine (C=N–C) groups is 1. The number of hydrogen-bond donors (Lipinski definition) is 3. The number of carbonyl (C=O) groups is 3. The third-order valence-corrected chi connectivity index (χ3v) is 22.5. The van der Waals surface area contributed by atoms with Crippen LogP contribution in [0.5, 0.6) is 0 Å². The van der Waals surface area contributed by atoms with E-state index in [9.17, 15) is 76.9 Å². The Hall–Kier alpha value is -8.92. The molecule has 3 aromatic heterocycles. The molecular formula is C64H62F5N7O12S3. The molecule has 19 nitrogen and oxygen atoms in total. The number of amidine groups is 1. The molecule has 6 aromatic carbocycles.